The maximum atomic E-state index is 12.0. The van der Waals surface area contributed by atoms with E-state index in [0.29, 0.717) is 17.4 Å². The molecule has 0 amide bonds. The number of rotatable bonds is 20. The van der Waals surface area contributed by atoms with Gasteiger partial charge in [-0.2, -0.15) is 0 Å². The third-order valence-electron chi connectivity index (χ3n) is 6.23. The second kappa shape index (κ2) is 18.0. The van der Waals surface area contributed by atoms with Crippen LogP contribution in [0.25, 0.3) is 0 Å². The highest BCUT2D eigenvalue weighted by Crippen LogP contribution is 2.21. The molecule has 0 saturated carbocycles. The van der Waals surface area contributed by atoms with Crippen LogP contribution in [0.15, 0.2) is 0 Å². The topological polar surface area (TPSA) is 34.1 Å². The Morgan fingerprint density at radius 3 is 1.63 bits per heavy atom. The fraction of sp³-hybridized carbons (Fsp3) is 1.00. The van der Waals surface area contributed by atoms with E-state index in [1.807, 2.05) is 0 Å². The van der Waals surface area contributed by atoms with Gasteiger partial charge in [-0.3, -0.25) is 0 Å². The molecule has 0 heterocycles. The standard InChI is InChI=1S/C24H50O2S/c1-5-8-9-15-18-24(7-3)19-16-13-11-10-12-14-17-21-27(25,26)22-20-23(4)6-2/h23-24H,5-22H2,1-4H3. The summed E-state index contributed by atoms with van der Waals surface area (Å²) in [6, 6.07) is 0. The van der Waals surface area contributed by atoms with Crippen molar-refractivity contribution in [2.24, 2.45) is 11.8 Å². The highest BCUT2D eigenvalue weighted by atomic mass is 32.2. The molecular weight excluding hydrogens is 352 g/mol. The molecule has 0 aromatic rings. The van der Waals surface area contributed by atoms with E-state index in [2.05, 4.69) is 27.7 Å². The first-order valence-electron chi connectivity index (χ1n) is 12.2. The summed E-state index contributed by atoms with van der Waals surface area (Å²) in [5, 5.41) is 0. The molecule has 0 saturated heterocycles. The van der Waals surface area contributed by atoms with Crippen LogP contribution in [-0.4, -0.2) is 19.9 Å². The zero-order valence-corrected chi connectivity index (χ0v) is 19.9. The summed E-state index contributed by atoms with van der Waals surface area (Å²) in [7, 11) is -2.81. The van der Waals surface area contributed by atoms with Crippen molar-refractivity contribution in [1.82, 2.24) is 0 Å². The van der Waals surface area contributed by atoms with Gasteiger partial charge in [-0.15, -0.1) is 0 Å². The monoisotopic (exact) mass is 402 g/mol. The summed E-state index contributed by atoms with van der Waals surface area (Å²) in [5.74, 6) is 2.27. The third-order valence-corrected chi connectivity index (χ3v) is 8.00. The van der Waals surface area contributed by atoms with Crippen LogP contribution in [0.5, 0.6) is 0 Å². The number of hydrogen-bond acceptors (Lipinski definition) is 2. The Kier molecular flexibility index (Phi) is 18.0. The lowest BCUT2D eigenvalue weighted by atomic mass is 9.92. The van der Waals surface area contributed by atoms with Crippen molar-refractivity contribution in [1.29, 1.82) is 0 Å². The van der Waals surface area contributed by atoms with E-state index >= 15 is 0 Å². The second-order valence-corrected chi connectivity index (χ2v) is 11.1. The normalized spacial score (nSPS) is 14.4. The number of sulfone groups is 1. The molecule has 0 rings (SSSR count). The lowest BCUT2D eigenvalue weighted by Gasteiger charge is -2.14. The molecule has 0 aromatic carbocycles. The van der Waals surface area contributed by atoms with Gasteiger partial charge in [0.25, 0.3) is 0 Å². The smallest absolute Gasteiger partial charge is 0.150 e. The van der Waals surface area contributed by atoms with E-state index in [-0.39, 0.29) is 0 Å². The summed E-state index contributed by atoms with van der Waals surface area (Å²) in [6.07, 6.45) is 20.2. The van der Waals surface area contributed by atoms with Gasteiger partial charge < -0.3 is 0 Å². The zero-order chi connectivity index (χ0) is 20.4. The maximum Gasteiger partial charge on any atom is 0.150 e. The van der Waals surface area contributed by atoms with Crippen LogP contribution in [0.2, 0.25) is 0 Å². The molecule has 0 fully saturated rings. The van der Waals surface area contributed by atoms with Crippen molar-refractivity contribution in [3.8, 4) is 0 Å². The molecule has 0 aliphatic heterocycles. The molecule has 2 atom stereocenters. The minimum absolute atomic E-state index is 0.388. The summed E-state index contributed by atoms with van der Waals surface area (Å²) in [5.41, 5.74) is 0. The van der Waals surface area contributed by atoms with E-state index in [1.54, 1.807) is 0 Å². The lowest BCUT2D eigenvalue weighted by Crippen LogP contribution is -2.13. The molecule has 0 aromatic heterocycles. The Balaban J connectivity index is 3.53. The molecule has 0 N–H and O–H groups in total. The predicted octanol–water partition coefficient (Wildman–Crippen LogP) is 7.95. The van der Waals surface area contributed by atoms with Crippen LogP contribution in [-0.2, 0) is 9.84 Å². The first-order valence-corrected chi connectivity index (χ1v) is 14.0. The van der Waals surface area contributed by atoms with Crippen LogP contribution in [0, 0.1) is 11.8 Å². The first-order chi connectivity index (χ1) is 12.9. The molecule has 2 nitrogen and oxygen atoms in total. The van der Waals surface area contributed by atoms with E-state index in [4.69, 9.17) is 0 Å². The van der Waals surface area contributed by atoms with Crippen molar-refractivity contribution in [3.63, 3.8) is 0 Å². The Morgan fingerprint density at radius 2 is 1.11 bits per heavy atom. The molecule has 0 radical (unpaired) electrons. The van der Waals surface area contributed by atoms with Crippen molar-refractivity contribution >= 4 is 9.84 Å². The Hall–Kier alpha value is -0.0500. The number of unbranched alkanes of at least 4 members (excludes halogenated alkanes) is 9. The Bertz CT molecular complexity index is 403. The van der Waals surface area contributed by atoms with E-state index < -0.39 is 9.84 Å². The van der Waals surface area contributed by atoms with Crippen molar-refractivity contribution in [2.45, 2.75) is 130 Å². The van der Waals surface area contributed by atoms with Crippen LogP contribution < -0.4 is 0 Å². The average Bonchev–Trinajstić information content (AvgIpc) is 2.66. The van der Waals surface area contributed by atoms with Crippen molar-refractivity contribution in [3.05, 3.63) is 0 Å². The number of hydrogen-bond donors (Lipinski definition) is 0. The highest BCUT2D eigenvalue weighted by molar-refractivity contribution is 7.91. The molecule has 0 bridgehead atoms. The first kappa shape index (κ1) is 27.0. The molecule has 0 aliphatic rings. The Labute approximate surface area is 172 Å². The van der Waals surface area contributed by atoms with Gasteiger partial charge in [0.1, 0.15) is 9.84 Å². The second-order valence-electron chi connectivity index (χ2n) is 8.84. The van der Waals surface area contributed by atoms with Crippen LogP contribution in [0.4, 0.5) is 0 Å². The highest BCUT2D eigenvalue weighted by Gasteiger charge is 2.12. The minimum atomic E-state index is -2.81. The summed E-state index contributed by atoms with van der Waals surface area (Å²) in [6.45, 7) is 8.91. The van der Waals surface area contributed by atoms with Gasteiger partial charge in [0.2, 0.25) is 0 Å². The van der Waals surface area contributed by atoms with Gasteiger partial charge in [-0.1, -0.05) is 118 Å². The molecule has 3 heteroatoms. The molecule has 27 heavy (non-hydrogen) atoms. The van der Waals surface area contributed by atoms with E-state index in [1.165, 1.54) is 77.0 Å². The van der Waals surface area contributed by atoms with E-state index in [9.17, 15) is 8.42 Å². The quantitative estimate of drug-likeness (QED) is 0.194. The van der Waals surface area contributed by atoms with E-state index in [0.717, 1.165) is 31.6 Å². The predicted molar refractivity (Wildman–Crippen MR) is 122 cm³/mol. The molecule has 0 aliphatic carbocycles. The SMILES string of the molecule is CCCCCCC(CC)CCCCCCCCCS(=O)(=O)CCC(C)CC. The van der Waals surface area contributed by atoms with Gasteiger partial charge in [0, 0.05) is 0 Å². The molecule has 0 spiro atoms. The fourth-order valence-electron chi connectivity index (χ4n) is 3.74. The van der Waals surface area contributed by atoms with Gasteiger partial charge in [0.05, 0.1) is 11.5 Å². The van der Waals surface area contributed by atoms with Crippen LogP contribution in [0.3, 0.4) is 0 Å². The van der Waals surface area contributed by atoms with Crippen LogP contribution in [0.1, 0.15) is 130 Å². The fourth-order valence-corrected chi connectivity index (χ4v) is 5.35. The lowest BCUT2D eigenvalue weighted by molar-refractivity contribution is 0.394. The van der Waals surface area contributed by atoms with Crippen molar-refractivity contribution < 1.29 is 8.42 Å². The summed E-state index contributed by atoms with van der Waals surface area (Å²) < 4.78 is 24.1. The Morgan fingerprint density at radius 1 is 0.593 bits per heavy atom. The maximum absolute atomic E-state index is 12.0. The van der Waals surface area contributed by atoms with Gasteiger partial charge >= 0.3 is 0 Å². The third kappa shape index (κ3) is 17.8. The summed E-state index contributed by atoms with van der Waals surface area (Å²) in [4.78, 5) is 0. The van der Waals surface area contributed by atoms with Gasteiger partial charge in [-0.25, -0.2) is 8.42 Å². The average molecular weight is 403 g/mol. The van der Waals surface area contributed by atoms with Gasteiger partial charge in [0.15, 0.2) is 0 Å². The molecule has 2 unspecified atom stereocenters. The zero-order valence-electron chi connectivity index (χ0n) is 19.1. The largest absolute Gasteiger partial charge is 0.229 e. The van der Waals surface area contributed by atoms with Gasteiger partial charge in [-0.05, 0) is 24.7 Å². The van der Waals surface area contributed by atoms with Crippen LogP contribution >= 0.6 is 0 Å². The molecular formula is C24H50O2S. The molecule has 164 valence electrons. The van der Waals surface area contributed by atoms with Crippen molar-refractivity contribution in [2.75, 3.05) is 11.5 Å². The minimum Gasteiger partial charge on any atom is -0.229 e. The summed E-state index contributed by atoms with van der Waals surface area (Å²) >= 11 is 0.